The first-order valence-electron chi connectivity index (χ1n) is 6.27. The van der Waals surface area contributed by atoms with Gasteiger partial charge in [-0.15, -0.1) is 11.6 Å². The van der Waals surface area contributed by atoms with Crippen LogP contribution in [-0.2, 0) is 11.4 Å². The molecule has 0 N–H and O–H groups in total. The first-order valence-corrected chi connectivity index (χ1v) is 6.81. The minimum atomic E-state index is -0.226. The number of alkyl halides is 1. The molecule has 2 nitrogen and oxygen atoms in total. The molecular formula is C14H16ClFN2. The second-order valence-corrected chi connectivity index (χ2v) is 5.83. The predicted octanol–water partition coefficient (Wildman–Crippen LogP) is 4.06. The van der Waals surface area contributed by atoms with E-state index in [0.29, 0.717) is 11.8 Å². The lowest BCUT2D eigenvalue weighted by atomic mass is 9.97. The van der Waals surface area contributed by atoms with Crippen LogP contribution in [0.25, 0.3) is 11.0 Å². The van der Waals surface area contributed by atoms with Crippen molar-refractivity contribution in [1.29, 1.82) is 0 Å². The van der Waals surface area contributed by atoms with Gasteiger partial charge < -0.3 is 4.57 Å². The number of nitrogens with zero attached hydrogens (tertiary/aromatic N) is 2. The van der Waals surface area contributed by atoms with Crippen molar-refractivity contribution in [3.8, 4) is 0 Å². The molecule has 0 aliphatic heterocycles. The van der Waals surface area contributed by atoms with Crippen LogP contribution in [0.15, 0.2) is 18.2 Å². The third-order valence-electron chi connectivity index (χ3n) is 3.96. The van der Waals surface area contributed by atoms with Gasteiger partial charge in [0, 0.05) is 5.54 Å². The lowest BCUT2D eigenvalue weighted by molar-refractivity contribution is 0.306. The second kappa shape index (κ2) is 3.95. The SMILES string of the molecule is CC(C)(C1CC1)n1c(CCl)nc2ccc(F)cc21. The molecule has 1 aromatic carbocycles. The zero-order chi connectivity index (χ0) is 12.9. The maximum Gasteiger partial charge on any atom is 0.125 e. The second-order valence-electron chi connectivity index (χ2n) is 5.56. The van der Waals surface area contributed by atoms with Gasteiger partial charge in [-0.25, -0.2) is 9.37 Å². The Labute approximate surface area is 111 Å². The molecule has 18 heavy (non-hydrogen) atoms. The number of halogens is 2. The smallest absolute Gasteiger partial charge is 0.125 e. The van der Waals surface area contributed by atoms with Crippen molar-refractivity contribution in [2.24, 2.45) is 5.92 Å². The van der Waals surface area contributed by atoms with Crippen LogP contribution >= 0.6 is 11.6 Å². The first-order chi connectivity index (χ1) is 8.54. The lowest BCUT2D eigenvalue weighted by Gasteiger charge is -2.29. The third-order valence-corrected chi connectivity index (χ3v) is 4.20. The van der Waals surface area contributed by atoms with Gasteiger partial charge in [-0.1, -0.05) is 0 Å². The van der Waals surface area contributed by atoms with E-state index in [1.165, 1.54) is 18.9 Å². The summed E-state index contributed by atoms with van der Waals surface area (Å²) in [5.41, 5.74) is 1.62. The van der Waals surface area contributed by atoms with Gasteiger partial charge in [-0.05, 0) is 50.8 Å². The first kappa shape index (κ1) is 12.0. The van der Waals surface area contributed by atoms with Gasteiger partial charge in [0.1, 0.15) is 11.6 Å². The van der Waals surface area contributed by atoms with Crippen LogP contribution in [0, 0.1) is 11.7 Å². The Kier molecular flexibility index (Phi) is 2.63. The van der Waals surface area contributed by atoms with Crippen molar-refractivity contribution in [3.63, 3.8) is 0 Å². The van der Waals surface area contributed by atoms with E-state index in [4.69, 9.17) is 11.6 Å². The summed E-state index contributed by atoms with van der Waals surface area (Å²) in [6, 6.07) is 4.73. The predicted molar refractivity (Wildman–Crippen MR) is 71.3 cm³/mol. The number of aromatic nitrogens is 2. The van der Waals surface area contributed by atoms with Crippen LogP contribution in [0.5, 0.6) is 0 Å². The minimum absolute atomic E-state index is 0.0488. The molecule has 96 valence electrons. The average molecular weight is 267 g/mol. The van der Waals surface area contributed by atoms with Gasteiger partial charge in [-0.3, -0.25) is 0 Å². The molecule has 0 unspecified atom stereocenters. The topological polar surface area (TPSA) is 17.8 Å². The Hall–Kier alpha value is -1.09. The minimum Gasteiger partial charge on any atom is -0.321 e. The summed E-state index contributed by atoms with van der Waals surface area (Å²) in [7, 11) is 0. The molecule has 0 saturated heterocycles. The molecule has 1 fully saturated rings. The molecule has 0 atom stereocenters. The van der Waals surface area contributed by atoms with E-state index in [1.807, 2.05) is 0 Å². The van der Waals surface area contributed by atoms with Crippen LogP contribution in [-0.4, -0.2) is 9.55 Å². The van der Waals surface area contributed by atoms with Crippen LogP contribution < -0.4 is 0 Å². The van der Waals surface area contributed by atoms with Gasteiger partial charge in [0.25, 0.3) is 0 Å². The summed E-state index contributed by atoms with van der Waals surface area (Å²) < 4.78 is 15.6. The maximum absolute atomic E-state index is 13.5. The van der Waals surface area contributed by atoms with Crippen molar-refractivity contribution in [3.05, 3.63) is 29.8 Å². The fourth-order valence-electron chi connectivity index (χ4n) is 2.80. The average Bonchev–Trinajstić information content (AvgIpc) is 3.10. The molecule has 4 heteroatoms. The van der Waals surface area contributed by atoms with E-state index in [2.05, 4.69) is 23.4 Å². The van der Waals surface area contributed by atoms with E-state index in [0.717, 1.165) is 16.9 Å². The molecule has 1 aliphatic carbocycles. The summed E-state index contributed by atoms with van der Waals surface area (Å²) in [4.78, 5) is 4.51. The van der Waals surface area contributed by atoms with E-state index >= 15 is 0 Å². The number of hydrogen-bond acceptors (Lipinski definition) is 1. The Bertz CT molecular complexity index is 599. The van der Waals surface area contributed by atoms with Gasteiger partial charge in [0.2, 0.25) is 0 Å². The standard InChI is InChI=1S/C14H16ClFN2/c1-14(2,9-3-4-9)18-12-7-10(16)5-6-11(12)17-13(18)8-15/h5-7,9H,3-4,8H2,1-2H3. The number of benzene rings is 1. The Morgan fingerprint density at radius 1 is 1.44 bits per heavy atom. The van der Waals surface area contributed by atoms with Crippen LogP contribution in [0.2, 0.25) is 0 Å². The normalized spacial score (nSPS) is 16.4. The Morgan fingerprint density at radius 2 is 2.17 bits per heavy atom. The Balaban J connectivity index is 2.27. The molecule has 1 heterocycles. The number of fused-ring (bicyclic) bond motifs is 1. The van der Waals surface area contributed by atoms with Gasteiger partial charge in [0.05, 0.1) is 16.9 Å². The maximum atomic E-state index is 13.5. The molecular weight excluding hydrogens is 251 g/mol. The molecule has 0 radical (unpaired) electrons. The fraction of sp³-hybridized carbons (Fsp3) is 0.500. The summed E-state index contributed by atoms with van der Waals surface area (Å²) in [5.74, 6) is 1.59. The van der Waals surface area contributed by atoms with Gasteiger partial charge >= 0.3 is 0 Å². The van der Waals surface area contributed by atoms with Gasteiger partial charge in [-0.2, -0.15) is 0 Å². The molecule has 0 bridgehead atoms. The van der Waals surface area contributed by atoms with Crippen molar-refractivity contribution < 1.29 is 4.39 Å². The summed E-state index contributed by atoms with van der Waals surface area (Å²) in [6.07, 6.45) is 2.45. The lowest BCUT2D eigenvalue weighted by Crippen LogP contribution is -2.30. The molecule has 2 aromatic rings. The molecule has 0 amide bonds. The highest BCUT2D eigenvalue weighted by atomic mass is 35.5. The highest BCUT2D eigenvalue weighted by Gasteiger charge is 2.41. The quantitative estimate of drug-likeness (QED) is 0.766. The summed E-state index contributed by atoms with van der Waals surface area (Å²) >= 11 is 6.00. The summed E-state index contributed by atoms with van der Waals surface area (Å²) in [5, 5.41) is 0. The molecule has 1 saturated carbocycles. The number of hydrogen-bond donors (Lipinski definition) is 0. The van der Waals surface area contributed by atoms with E-state index in [1.54, 1.807) is 12.1 Å². The van der Waals surface area contributed by atoms with Crippen molar-refractivity contribution >= 4 is 22.6 Å². The molecule has 1 aromatic heterocycles. The van der Waals surface area contributed by atoms with E-state index in [9.17, 15) is 4.39 Å². The molecule has 1 aliphatic rings. The fourth-order valence-corrected chi connectivity index (χ4v) is 2.98. The summed E-state index contributed by atoms with van der Waals surface area (Å²) in [6.45, 7) is 4.37. The number of imidazole rings is 1. The van der Waals surface area contributed by atoms with Crippen LogP contribution in [0.3, 0.4) is 0 Å². The van der Waals surface area contributed by atoms with E-state index < -0.39 is 0 Å². The van der Waals surface area contributed by atoms with Gasteiger partial charge in [0.15, 0.2) is 0 Å². The van der Waals surface area contributed by atoms with E-state index in [-0.39, 0.29) is 11.4 Å². The highest BCUT2D eigenvalue weighted by molar-refractivity contribution is 6.16. The third kappa shape index (κ3) is 1.72. The number of rotatable bonds is 3. The van der Waals surface area contributed by atoms with Crippen molar-refractivity contribution in [2.75, 3.05) is 0 Å². The zero-order valence-corrected chi connectivity index (χ0v) is 11.3. The zero-order valence-electron chi connectivity index (χ0n) is 10.6. The monoisotopic (exact) mass is 266 g/mol. The Morgan fingerprint density at radius 3 is 2.78 bits per heavy atom. The molecule has 0 spiro atoms. The molecule has 3 rings (SSSR count). The van der Waals surface area contributed by atoms with Crippen LogP contribution in [0.1, 0.15) is 32.5 Å². The van der Waals surface area contributed by atoms with Crippen molar-refractivity contribution in [1.82, 2.24) is 9.55 Å². The largest absolute Gasteiger partial charge is 0.321 e. The highest BCUT2D eigenvalue weighted by Crippen LogP contribution is 2.45. The van der Waals surface area contributed by atoms with Crippen molar-refractivity contribution in [2.45, 2.75) is 38.1 Å². The van der Waals surface area contributed by atoms with Crippen LogP contribution in [0.4, 0.5) is 4.39 Å².